The number of nitrogens with one attached hydrogen (secondary N) is 1. The molecule has 2 aliphatic heterocycles. The molecule has 5 nitrogen and oxygen atoms in total. The molecule has 0 unspecified atom stereocenters. The lowest BCUT2D eigenvalue weighted by Gasteiger charge is -2.46. The second-order valence-electron chi connectivity index (χ2n) is 7.46. The van der Waals surface area contributed by atoms with E-state index < -0.39 is 10.0 Å². The fourth-order valence-electron chi connectivity index (χ4n) is 3.95. The zero-order valence-corrected chi connectivity index (χ0v) is 16.8. The number of benzene rings is 2. The van der Waals surface area contributed by atoms with Crippen molar-refractivity contribution in [3.05, 3.63) is 59.1 Å². The number of para-hydroxylation sites is 1. The van der Waals surface area contributed by atoms with E-state index in [9.17, 15) is 8.42 Å². The Balaban J connectivity index is 1.66. The number of hydrogen-bond donors (Lipinski definition) is 1. The lowest BCUT2D eigenvalue weighted by atomic mass is 9.81. The van der Waals surface area contributed by atoms with Gasteiger partial charge in [-0.05, 0) is 44.2 Å². The zero-order chi connectivity index (χ0) is 19.1. The summed E-state index contributed by atoms with van der Waals surface area (Å²) in [6, 6.07) is 13.7. The highest BCUT2D eigenvalue weighted by atomic mass is 35.5. The van der Waals surface area contributed by atoms with Crippen molar-refractivity contribution in [1.29, 1.82) is 0 Å². The summed E-state index contributed by atoms with van der Waals surface area (Å²) in [5, 5.41) is 0.400. The Morgan fingerprint density at radius 2 is 1.89 bits per heavy atom. The molecule has 1 fully saturated rings. The van der Waals surface area contributed by atoms with Crippen LogP contribution in [-0.2, 0) is 10.0 Å². The minimum absolute atomic E-state index is 0.177. The summed E-state index contributed by atoms with van der Waals surface area (Å²) >= 11 is 5.99. The van der Waals surface area contributed by atoms with Crippen molar-refractivity contribution in [2.45, 2.75) is 35.8 Å². The molecule has 0 bridgehead atoms. The van der Waals surface area contributed by atoms with Crippen LogP contribution in [0.25, 0.3) is 0 Å². The lowest BCUT2D eigenvalue weighted by molar-refractivity contribution is -0.0179. The molecular formula is C20H23ClN2O3S. The van der Waals surface area contributed by atoms with E-state index in [1.807, 2.05) is 24.3 Å². The van der Waals surface area contributed by atoms with Gasteiger partial charge in [0.25, 0.3) is 0 Å². The molecule has 4 rings (SSSR count). The first-order chi connectivity index (χ1) is 12.9. The molecule has 2 aromatic carbocycles. The van der Waals surface area contributed by atoms with Crippen molar-refractivity contribution in [3.8, 4) is 5.75 Å². The molecule has 2 aliphatic rings. The van der Waals surface area contributed by atoms with Crippen molar-refractivity contribution in [1.82, 2.24) is 9.62 Å². The molecule has 1 atom stereocenters. The standard InChI is InChI=1S/C20H23ClN2O3S/c1-23-11-9-20(10-12-23)14-18(17-7-2-3-8-19(17)26-20)22-27(24,25)16-6-4-5-15(21)13-16/h2-8,13,18,22H,9-12,14H2,1H3/t18-/m1/s1. The SMILES string of the molecule is CN1CCC2(CC1)C[C@@H](NS(=O)(=O)c1cccc(Cl)c1)c1ccccc1O2. The van der Waals surface area contributed by atoms with Gasteiger partial charge in [-0.25, -0.2) is 13.1 Å². The fourth-order valence-corrected chi connectivity index (χ4v) is 5.46. The van der Waals surface area contributed by atoms with Gasteiger partial charge in [0.2, 0.25) is 10.0 Å². The van der Waals surface area contributed by atoms with E-state index in [0.29, 0.717) is 11.4 Å². The molecule has 1 saturated heterocycles. The molecular weight excluding hydrogens is 384 g/mol. The smallest absolute Gasteiger partial charge is 0.241 e. The molecule has 0 aliphatic carbocycles. The molecule has 0 radical (unpaired) electrons. The molecule has 2 heterocycles. The Bertz CT molecular complexity index is 940. The van der Waals surface area contributed by atoms with Gasteiger partial charge in [-0.3, -0.25) is 0 Å². The number of rotatable bonds is 3. The Labute approximate surface area is 165 Å². The summed E-state index contributed by atoms with van der Waals surface area (Å²) in [4.78, 5) is 2.46. The maximum Gasteiger partial charge on any atom is 0.241 e. The average molecular weight is 407 g/mol. The molecule has 144 valence electrons. The van der Waals surface area contributed by atoms with E-state index in [-0.39, 0.29) is 16.5 Å². The first kappa shape index (κ1) is 18.7. The quantitative estimate of drug-likeness (QED) is 0.845. The highest BCUT2D eigenvalue weighted by Gasteiger charge is 2.43. The highest BCUT2D eigenvalue weighted by molar-refractivity contribution is 7.89. The Morgan fingerprint density at radius 3 is 2.63 bits per heavy atom. The van der Waals surface area contributed by atoms with Crippen LogP contribution in [-0.4, -0.2) is 39.1 Å². The van der Waals surface area contributed by atoms with Crippen LogP contribution in [0.1, 0.15) is 30.9 Å². The second kappa shape index (κ2) is 7.09. The number of fused-ring (bicyclic) bond motifs is 1. The van der Waals surface area contributed by atoms with Gasteiger partial charge in [-0.15, -0.1) is 0 Å². The summed E-state index contributed by atoms with van der Waals surface area (Å²) in [6.07, 6.45) is 2.39. The Kier molecular flexibility index (Phi) is 4.93. The third-order valence-electron chi connectivity index (χ3n) is 5.50. The van der Waals surface area contributed by atoms with Gasteiger partial charge in [0.05, 0.1) is 10.9 Å². The normalized spacial score (nSPS) is 22.2. The molecule has 1 spiro atoms. The number of halogens is 1. The first-order valence-electron chi connectivity index (χ1n) is 9.11. The van der Waals surface area contributed by atoms with E-state index >= 15 is 0 Å². The number of sulfonamides is 1. The van der Waals surface area contributed by atoms with Gasteiger partial charge in [-0.1, -0.05) is 35.9 Å². The summed E-state index contributed by atoms with van der Waals surface area (Å²) in [5.41, 5.74) is 0.551. The Morgan fingerprint density at radius 1 is 1.15 bits per heavy atom. The van der Waals surface area contributed by atoms with E-state index in [1.54, 1.807) is 18.2 Å². The van der Waals surface area contributed by atoms with Crippen molar-refractivity contribution < 1.29 is 13.2 Å². The first-order valence-corrected chi connectivity index (χ1v) is 11.0. The summed E-state index contributed by atoms with van der Waals surface area (Å²) < 4.78 is 35.2. The van der Waals surface area contributed by atoms with Gasteiger partial charge in [0.1, 0.15) is 11.4 Å². The van der Waals surface area contributed by atoms with E-state index in [4.69, 9.17) is 16.3 Å². The molecule has 0 amide bonds. The second-order valence-corrected chi connectivity index (χ2v) is 9.61. The van der Waals surface area contributed by atoms with Crippen molar-refractivity contribution >= 4 is 21.6 Å². The molecule has 2 aromatic rings. The number of likely N-dealkylation sites (tertiary alicyclic amines) is 1. The Hall–Kier alpha value is -1.60. The molecule has 7 heteroatoms. The van der Waals surface area contributed by atoms with Gasteiger partial charge in [-0.2, -0.15) is 0 Å². The lowest BCUT2D eigenvalue weighted by Crippen LogP contribution is -2.51. The minimum atomic E-state index is -3.69. The third-order valence-corrected chi connectivity index (χ3v) is 7.20. The van der Waals surface area contributed by atoms with E-state index in [1.165, 1.54) is 6.07 Å². The average Bonchev–Trinajstić information content (AvgIpc) is 2.64. The van der Waals surface area contributed by atoms with Crippen LogP contribution in [0.4, 0.5) is 0 Å². The number of hydrogen-bond acceptors (Lipinski definition) is 4. The van der Waals surface area contributed by atoms with Crippen LogP contribution in [0.2, 0.25) is 5.02 Å². The summed E-state index contributed by atoms with van der Waals surface area (Å²) in [5.74, 6) is 0.770. The number of nitrogens with zero attached hydrogens (tertiary/aromatic N) is 1. The number of ether oxygens (including phenoxy) is 1. The summed E-state index contributed by atoms with van der Waals surface area (Å²) in [7, 11) is -1.59. The zero-order valence-electron chi connectivity index (χ0n) is 15.2. The molecule has 27 heavy (non-hydrogen) atoms. The van der Waals surface area contributed by atoms with E-state index in [2.05, 4.69) is 16.7 Å². The molecule has 1 N–H and O–H groups in total. The summed E-state index contributed by atoms with van der Waals surface area (Å²) in [6.45, 7) is 1.88. The topological polar surface area (TPSA) is 58.6 Å². The van der Waals surface area contributed by atoms with Crippen molar-refractivity contribution in [3.63, 3.8) is 0 Å². The van der Waals surface area contributed by atoms with Crippen molar-refractivity contribution in [2.24, 2.45) is 0 Å². The van der Waals surface area contributed by atoms with E-state index in [0.717, 1.165) is 37.2 Å². The van der Waals surface area contributed by atoms with Crippen LogP contribution in [0, 0.1) is 0 Å². The fraction of sp³-hybridized carbons (Fsp3) is 0.400. The van der Waals surface area contributed by atoms with Gasteiger partial charge < -0.3 is 9.64 Å². The van der Waals surface area contributed by atoms with Gasteiger partial charge in [0.15, 0.2) is 0 Å². The van der Waals surface area contributed by atoms with Crippen LogP contribution in [0.5, 0.6) is 5.75 Å². The third kappa shape index (κ3) is 3.85. The van der Waals surface area contributed by atoms with Crippen LogP contribution < -0.4 is 9.46 Å². The van der Waals surface area contributed by atoms with Crippen LogP contribution in [0.15, 0.2) is 53.4 Å². The van der Waals surface area contributed by atoms with Crippen molar-refractivity contribution in [2.75, 3.05) is 20.1 Å². The number of piperidine rings is 1. The predicted octanol–water partition coefficient (Wildman–Crippen LogP) is 3.61. The molecule has 0 saturated carbocycles. The minimum Gasteiger partial charge on any atom is -0.487 e. The monoisotopic (exact) mass is 406 g/mol. The molecule has 0 aromatic heterocycles. The maximum absolute atomic E-state index is 13.0. The predicted molar refractivity (Wildman–Crippen MR) is 106 cm³/mol. The van der Waals surface area contributed by atoms with Gasteiger partial charge in [0, 0.05) is 30.1 Å². The van der Waals surface area contributed by atoms with Gasteiger partial charge >= 0.3 is 0 Å². The van der Waals surface area contributed by atoms with Crippen LogP contribution >= 0.6 is 11.6 Å². The largest absolute Gasteiger partial charge is 0.487 e. The maximum atomic E-state index is 13.0. The van der Waals surface area contributed by atoms with Crippen LogP contribution in [0.3, 0.4) is 0 Å². The highest BCUT2D eigenvalue weighted by Crippen LogP contribution is 2.44.